The van der Waals surface area contributed by atoms with Gasteiger partial charge in [0.05, 0.1) is 166 Å². The molecule has 3 aliphatic rings. The minimum Gasteiger partial charge on any atom is -0.310 e. The van der Waals surface area contributed by atoms with E-state index in [2.05, 4.69) is 311 Å². The zero-order chi connectivity index (χ0) is 89.6. The van der Waals surface area contributed by atoms with E-state index < -0.39 is 16.2 Å². The van der Waals surface area contributed by atoms with Crippen LogP contribution in [0.3, 0.4) is 0 Å². The maximum Gasteiger partial charge on any atom is 0.0991 e. The van der Waals surface area contributed by atoms with Crippen molar-refractivity contribution in [2.45, 2.75) is 43.9 Å². The summed E-state index contributed by atoms with van der Waals surface area (Å²) in [5.41, 5.74) is 30.0. The zero-order valence-electron chi connectivity index (χ0n) is 71.6. The normalized spacial score (nSPS) is 13.1. The smallest absolute Gasteiger partial charge is 0.0991 e. The van der Waals surface area contributed by atoms with Gasteiger partial charge in [0.2, 0.25) is 0 Å². The first kappa shape index (κ1) is 79.6. The number of hydrogen-bond acceptors (Lipinski definition) is 11. The Morgan fingerprint density at radius 3 is 0.740 bits per heavy atom. The summed E-state index contributed by atoms with van der Waals surface area (Å²) in [5.74, 6) is 0. The second kappa shape index (κ2) is 31.6. The number of para-hydroxylation sites is 4. The lowest BCUT2D eigenvalue weighted by molar-refractivity contribution is 0.631. The fourth-order valence-corrected chi connectivity index (χ4v) is 20.3. The molecule has 0 bridgehead atoms. The molecule has 0 radical (unpaired) electrons. The van der Waals surface area contributed by atoms with E-state index in [0.717, 1.165) is 167 Å². The Bertz CT molecular complexity index is 8250. The van der Waals surface area contributed by atoms with Crippen molar-refractivity contribution >= 4 is 117 Å². The van der Waals surface area contributed by atoms with Gasteiger partial charge in [0.25, 0.3) is 0 Å². The molecule has 0 amide bonds. The van der Waals surface area contributed by atoms with Gasteiger partial charge in [-0.25, -0.2) is 0 Å². The Kier molecular flexibility index (Phi) is 19.2. The van der Waals surface area contributed by atoms with Gasteiger partial charge in [0.1, 0.15) is 0 Å². The van der Waals surface area contributed by atoms with Crippen LogP contribution >= 0.6 is 0 Å². The summed E-state index contributed by atoms with van der Waals surface area (Å²) < 4.78 is 6.79. The fourth-order valence-electron chi connectivity index (χ4n) is 20.3. The van der Waals surface area contributed by atoms with Crippen molar-refractivity contribution in [1.82, 2.24) is 13.7 Å². The van der Waals surface area contributed by atoms with E-state index >= 15 is 0 Å². The monoisotopic (exact) mass is 1670 g/mol. The quantitative estimate of drug-likeness (QED) is 0.139. The highest BCUT2D eigenvalue weighted by molar-refractivity contribution is 6.12. The molecule has 0 fully saturated rings. The molecule has 131 heavy (non-hydrogen) atoms. The number of fused-ring (bicyclic) bond motifs is 15. The predicted molar refractivity (Wildman–Crippen MR) is 520 cm³/mol. The number of benzene rings is 17. The Morgan fingerprint density at radius 2 is 0.420 bits per heavy atom. The molecule has 3 aliphatic heterocycles. The Balaban J connectivity index is 0.000000119. The van der Waals surface area contributed by atoms with Crippen LogP contribution in [0, 0.1) is 90.6 Å². The first-order chi connectivity index (χ1) is 64.1. The molecule has 17 aromatic carbocycles. The molecule has 0 aliphatic carbocycles. The van der Waals surface area contributed by atoms with E-state index in [1.54, 1.807) is 0 Å². The maximum atomic E-state index is 10.2. The lowest BCUT2D eigenvalue weighted by Gasteiger charge is -2.46. The van der Waals surface area contributed by atoms with E-state index in [1.165, 1.54) is 10.8 Å². The van der Waals surface area contributed by atoms with Crippen molar-refractivity contribution in [2.24, 2.45) is 0 Å². The Labute approximate surface area is 756 Å². The van der Waals surface area contributed by atoms with Gasteiger partial charge in [-0.2, -0.15) is 42.1 Å². The van der Waals surface area contributed by atoms with Crippen LogP contribution in [-0.4, -0.2) is 13.7 Å². The summed E-state index contributed by atoms with van der Waals surface area (Å²) in [6.07, 6.45) is 0. The average molecular weight is 1680 g/mol. The van der Waals surface area contributed by atoms with Crippen LogP contribution in [0.2, 0.25) is 0 Å². The van der Waals surface area contributed by atoms with Crippen molar-refractivity contribution in [3.8, 4) is 65.6 Å². The van der Waals surface area contributed by atoms with Crippen LogP contribution < -0.4 is 14.7 Å². The lowest BCUT2D eigenvalue weighted by Crippen LogP contribution is -2.38. The molecular weight excluding hydrogens is 1600 g/mol. The molecule has 6 heterocycles. The third-order valence-electron chi connectivity index (χ3n) is 26.4. The summed E-state index contributed by atoms with van der Waals surface area (Å²) >= 11 is 0. The third-order valence-corrected chi connectivity index (χ3v) is 26.4. The fraction of sp³-hybridized carbons (Fsp3) is 0.0598. The summed E-state index contributed by atoms with van der Waals surface area (Å²) in [6, 6.07) is 146. The van der Waals surface area contributed by atoms with Crippen molar-refractivity contribution in [2.75, 3.05) is 14.7 Å². The molecule has 3 aromatic heterocycles. The van der Waals surface area contributed by atoms with Crippen LogP contribution in [0.5, 0.6) is 0 Å². The molecular formula is C117H74N14. The minimum atomic E-state index is -0.785. The molecule has 0 spiro atoms. The van der Waals surface area contributed by atoms with Crippen LogP contribution in [0.15, 0.2) is 376 Å². The molecule has 0 unspecified atom stereocenters. The van der Waals surface area contributed by atoms with E-state index in [-0.39, 0.29) is 0 Å². The largest absolute Gasteiger partial charge is 0.310 e. The maximum absolute atomic E-state index is 10.2. The highest BCUT2D eigenvalue weighted by Crippen LogP contribution is 2.60. The van der Waals surface area contributed by atoms with Crippen molar-refractivity contribution in [3.05, 3.63) is 465 Å². The summed E-state index contributed by atoms with van der Waals surface area (Å²) in [6.45, 7) is 8.59. The first-order valence-corrected chi connectivity index (χ1v) is 43.1. The second-order valence-electron chi connectivity index (χ2n) is 34.1. The number of aromatic nitrogens is 3. The standard InChI is InChI=1S/C45H28N4.2C36H23N5/c46-29-31-19-25-43-39(27-31)45(33-11-3-1-4-12-33,34-13-5-2-6-14-34)40-28-32(30-47)20-26-44(40)49(43)36-23-21-35(22-24-36)48-41-17-9-7-15-37(41)38-16-8-10-18-42(38)48;1-36(2)30-17-24(21-38)11-14-34(30)41(35-15-12-25(22-39)18-31(35)36)27-7-5-6-26(19-27)40-32-9-4-3-8-28(32)29-16-23(20-37)10-13-33(29)40;1-36(2)30-18-24(21-38)8-15-34(30)41(35-16-9-25(22-39)19-31(35)36)27-12-10-26(11-13-27)40-32-6-4-3-5-28(32)29-17-23(20-37)7-14-33(29)40/h1-28H;2*3-19H,1-2H3. The van der Waals surface area contributed by atoms with Gasteiger partial charge < -0.3 is 28.4 Å². The molecule has 0 N–H and O–H groups in total. The predicted octanol–water partition coefficient (Wildman–Crippen LogP) is 27.7. The Morgan fingerprint density at radius 1 is 0.183 bits per heavy atom. The van der Waals surface area contributed by atoms with E-state index in [4.69, 9.17) is 0 Å². The topological polar surface area (TPSA) is 215 Å². The lowest BCUT2D eigenvalue weighted by atomic mass is 9.62. The van der Waals surface area contributed by atoms with Crippen molar-refractivity contribution < 1.29 is 0 Å². The van der Waals surface area contributed by atoms with E-state index in [1.807, 2.05) is 170 Å². The molecule has 14 nitrogen and oxygen atoms in total. The zero-order valence-corrected chi connectivity index (χ0v) is 71.6. The minimum absolute atomic E-state index is 0.397. The van der Waals surface area contributed by atoms with Gasteiger partial charge in [0.15, 0.2) is 0 Å². The van der Waals surface area contributed by atoms with Gasteiger partial charge in [-0.1, -0.05) is 167 Å². The molecule has 23 rings (SSSR count). The molecule has 20 aromatic rings. The molecule has 0 saturated heterocycles. The van der Waals surface area contributed by atoms with Crippen molar-refractivity contribution in [3.63, 3.8) is 0 Å². The van der Waals surface area contributed by atoms with Gasteiger partial charge in [-0.3, -0.25) is 0 Å². The molecule has 14 heteroatoms. The average Bonchev–Trinajstić information content (AvgIpc) is 1.42. The second-order valence-corrected chi connectivity index (χ2v) is 34.1. The third kappa shape index (κ3) is 12.8. The van der Waals surface area contributed by atoms with Gasteiger partial charge in [-0.05, 0) is 281 Å². The SMILES string of the molecule is CC1(C)c2cc(C#N)ccc2N(c2ccc(-n3c4ccccc4c4cc(C#N)ccc43)cc2)c2ccc(C#N)cc21.CC1(C)c2cc(C#N)ccc2N(c2cccc(-n3c4ccccc4c4cc(C#N)ccc43)c2)c2ccc(C#N)cc21.N#Cc1ccc2c(c1)C(c1ccccc1)(c1ccccc1)c1cc(C#N)ccc1N2c1ccc(-n2c3ccccc3c3ccccc32)cc1. The highest BCUT2D eigenvalue weighted by Gasteiger charge is 2.48. The highest BCUT2D eigenvalue weighted by atomic mass is 15.2. The Hall–Kier alpha value is -18.5. The number of nitriles is 8. The van der Waals surface area contributed by atoms with Crippen LogP contribution in [-0.2, 0) is 16.2 Å². The number of rotatable bonds is 8. The number of hydrogen-bond donors (Lipinski definition) is 0. The molecule has 612 valence electrons. The first-order valence-electron chi connectivity index (χ1n) is 43.1. The van der Waals surface area contributed by atoms with Crippen molar-refractivity contribution in [1.29, 1.82) is 42.1 Å². The summed E-state index contributed by atoms with van der Waals surface area (Å²) in [5, 5.41) is 84.8. The van der Waals surface area contributed by atoms with Crippen LogP contribution in [0.1, 0.15) is 117 Å². The van der Waals surface area contributed by atoms with Crippen LogP contribution in [0.4, 0.5) is 51.2 Å². The number of nitrogens with zero attached hydrogens (tertiary/aromatic N) is 14. The van der Waals surface area contributed by atoms with Gasteiger partial charge in [0, 0.05) is 77.3 Å². The van der Waals surface area contributed by atoms with Gasteiger partial charge >= 0.3 is 0 Å². The summed E-state index contributed by atoms with van der Waals surface area (Å²) in [4.78, 5) is 6.71. The van der Waals surface area contributed by atoms with Crippen LogP contribution in [0.25, 0.3) is 82.5 Å². The number of anilines is 9. The summed E-state index contributed by atoms with van der Waals surface area (Å²) in [7, 11) is 0. The van der Waals surface area contributed by atoms with E-state index in [0.29, 0.717) is 44.5 Å². The van der Waals surface area contributed by atoms with Gasteiger partial charge in [-0.15, -0.1) is 0 Å². The van der Waals surface area contributed by atoms with E-state index in [9.17, 15) is 42.1 Å². The molecule has 0 atom stereocenters. The molecule has 0 saturated carbocycles.